The third-order valence-corrected chi connectivity index (χ3v) is 2.69. The first-order valence-electron chi connectivity index (χ1n) is 5.39. The first-order valence-corrected chi connectivity index (χ1v) is 5.39. The molecule has 0 aromatic heterocycles. The van der Waals surface area contributed by atoms with Crippen LogP contribution in [0.3, 0.4) is 0 Å². The number of halogens is 1. The molecule has 1 aliphatic heterocycles. The van der Waals surface area contributed by atoms with Gasteiger partial charge in [0.1, 0.15) is 5.82 Å². The van der Waals surface area contributed by atoms with Gasteiger partial charge < -0.3 is 5.32 Å². The summed E-state index contributed by atoms with van der Waals surface area (Å²) < 4.78 is 13.4. The molecule has 0 saturated carbocycles. The van der Waals surface area contributed by atoms with E-state index in [9.17, 15) is 14.0 Å². The summed E-state index contributed by atoms with van der Waals surface area (Å²) in [5.74, 6) is -2.51. The van der Waals surface area contributed by atoms with Crippen molar-refractivity contribution in [2.45, 2.75) is 6.92 Å². The topological polar surface area (TPSA) is 61.8 Å². The van der Waals surface area contributed by atoms with Gasteiger partial charge in [-0.15, -0.1) is 0 Å². The molecule has 0 unspecified atom stereocenters. The Morgan fingerprint density at radius 2 is 2.11 bits per heavy atom. The number of nitrogens with one attached hydrogen (secondary N) is 1. The first-order chi connectivity index (χ1) is 8.50. The minimum absolute atomic E-state index is 0.0534. The van der Waals surface area contributed by atoms with E-state index in [1.54, 1.807) is 13.0 Å². The summed E-state index contributed by atoms with van der Waals surface area (Å²) in [5.41, 5.74) is 0.453. The highest BCUT2D eigenvalue weighted by molar-refractivity contribution is 6.24. The second-order valence-electron chi connectivity index (χ2n) is 4.01. The number of amides is 2. The maximum atomic E-state index is 13.4. The summed E-state index contributed by atoms with van der Waals surface area (Å²) in [4.78, 5) is 23.6. The number of nitrogens with zero attached hydrogens (tertiary/aromatic N) is 2. The van der Waals surface area contributed by atoms with Crippen LogP contribution in [0.15, 0.2) is 29.4 Å². The largest absolute Gasteiger partial charge is 0.323 e. The molecule has 2 rings (SSSR count). The van der Waals surface area contributed by atoms with Crippen molar-refractivity contribution in [3.05, 3.63) is 30.1 Å². The van der Waals surface area contributed by atoms with Gasteiger partial charge in [-0.2, -0.15) is 5.10 Å². The van der Waals surface area contributed by atoms with E-state index >= 15 is 0 Å². The van der Waals surface area contributed by atoms with Crippen LogP contribution in [0, 0.1) is 11.7 Å². The second-order valence-corrected chi connectivity index (χ2v) is 4.01. The van der Waals surface area contributed by atoms with E-state index in [-0.39, 0.29) is 5.69 Å². The van der Waals surface area contributed by atoms with Gasteiger partial charge in [-0.25, -0.2) is 9.40 Å². The second kappa shape index (κ2) is 4.56. The fourth-order valence-electron chi connectivity index (χ4n) is 1.78. The zero-order chi connectivity index (χ0) is 13.3. The minimum Gasteiger partial charge on any atom is -0.323 e. The van der Waals surface area contributed by atoms with Crippen molar-refractivity contribution in [2.75, 3.05) is 12.4 Å². The monoisotopic (exact) mass is 249 g/mol. The number of benzene rings is 1. The first kappa shape index (κ1) is 12.2. The number of hydrogen-bond donors (Lipinski definition) is 1. The predicted molar refractivity (Wildman–Crippen MR) is 64.4 cm³/mol. The summed E-state index contributed by atoms with van der Waals surface area (Å²) in [5, 5.41) is 7.39. The maximum absolute atomic E-state index is 13.4. The van der Waals surface area contributed by atoms with Crippen LogP contribution in [0.1, 0.15) is 6.92 Å². The number of carbonyl (C=O) groups is 2. The van der Waals surface area contributed by atoms with Gasteiger partial charge in [-0.3, -0.25) is 9.59 Å². The molecule has 1 N–H and O–H groups in total. The SMILES string of the molecule is CC1=NN(C)C(=O)[C@H]1C(=O)Nc1ccccc1F. The van der Waals surface area contributed by atoms with Gasteiger partial charge in [-0.1, -0.05) is 12.1 Å². The van der Waals surface area contributed by atoms with Crippen LogP contribution >= 0.6 is 0 Å². The third kappa shape index (κ3) is 2.09. The van der Waals surface area contributed by atoms with E-state index in [1.165, 1.54) is 25.2 Å². The quantitative estimate of drug-likeness (QED) is 0.801. The van der Waals surface area contributed by atoms with Crippen LogP contribution in [-0.2, 0) is 9.59 Å². The number of para-hydroxylation sites is 1. The van der Waals surface area contributed by atoms with Gasteiger partial charge in [0.05, 0.1) is 11.4 Å². The highest BCUT2D eigenvalue weighted by atomic mass is 19.1. The van der Waals surface area contributed by atoms with E-state index in [0.29, 0.717) is 5.71 Å². The van der Waals surface area contributed by atoms with Gasteiger partial charge in [0, 0.05) is 7.05 Å². The molecule has 1 heterocycles. The molecule has 0 saturated heterocycles. The lowest BCUT2D eigenvalue weighted by Crippen LogP contribution is -2.35. The van der Waals surface area contributed by atoms with Crippen LogP contribution in [0.25, 0.3) is 0 Å². The highest BCUT2D eigenvalue weighted by Crippen LogP contribution is 2.18. The molecule has 2 amide bonds. The molecule has 1 atom stereocenters. The zero-order valence-electron chi connectivity index (χ0n) is 9.98. The van der Waals surface area contributed by atoms with Crippen LogP contribution in [-0.4, -0.2) is 29.6 Å². The van der Waals surface area contributed by atoms with Crippen LogP contribution in [0.2, 0.25) is 0 Å². The number of hydrogen-bond acceptors (Lipinski definition) is 3. The van der Waals surface area contributed by atoms with E-state index in [1.807, 2.05) is 0 Å². The molecule has 94 valence electrons. The lowest BCUT2D eigenvalue weighted by molar-refractivity contribution is -0.134. The maximum Gasteiger partial charge on any atom is 0.260 e. The summed E-state index contributed by atoms with van der Waals surface area (Å²) in [6.07, 6.45) is 0. The molecule has 0 spiro atoms. The number of carbonyl (C=O) groups excluding carboxylic acids is 2. The minimum atomic E-state index is -0.977. The van der Waals surface area contributed by atoms with Gasteiger partial charge >= 0.3 is 0 Å². The van der Waals surface area contributed by atoms with Crippen LogP contribution in [0.4, 0.5) is 10.1 Å². The van der Waals surface area contributed by atoms with Crippen molar-refractivity contribution in [2.24, 2.45) is 11.0 Å². The average Bonchev–Trinajstić information content (AvgIpc) is 2.56. The normalized spacial score (nSPS) is 18.8. The smallest absolute Gasteiger partial charge is 0.260 e. The van der Waals surface area contributed by atoms with Gasteiger partial charge in [0.25, 0.3) is 5.91 Å². The predicted octanol–water partition coefficient (Wildman–Crippen LogP) is 1.23. The molecule has 0 bridgehead atoms. The Hall–Kier alpha value is -2.24. The van der Waals surface area contributed by atoms with Crippen molar-refractivity contribution in [1.82, 2.24) is 5.01 Å². The molecular formula is C12H12FN3O2. The molecule has 1 aliphatic rings. The standard InChI is InChI=1S/C12H12FN3O2/c1-7-10(12(18)16(2)15-7)11(17)14-9-6-4-3-5-8(9)13/h3-6,10H,1-2H3,(H,14,17)/t10-/m1/s1. The van der Waals surface area contributed by atoms with Gasteiger partial charge in [-0.05, 0) is 19.1 Å². The van der Waals surface area contributed by atoms with Crippen molar-refractivity contribution >= 4 is 23.2 Å². The van der Waals surface area contributed by atoms with E-state index in [0.717, 1.165) is 5.01 Å². The van der Waals surface area contributed by atoms with Crippen molar-refractivity contribution < 1.29 is 14.0 Å². The Balaban J connectivity index is 2.17. The molecule has 1 aromatic carbocycles. The van der Waals surface area contributed by atoms with E-state index in [2.05, 4.69) is 10.4 Å². The molecule has 5 nitrogen and oxygen atoms in total. The molecular weight excluding hydrogens is 237 g/mol. The highest BCUT2D eigenvalue weighted by Gasteiger charge is 2.37. The average molecular weight is 249 g/mol. The summed E-state index contributed by atoms with van der Waals surface area (Å²) in [7, 11) is 1.47. The molecule has 0 aliphatic carbocycles. The van der Waals surface area contributed by atoms with Crippen molar-refractivity contribution in [3.63, 3.8) is 0 Å². The Labute approximate surface area is 103 Å². The zero-order valence-corrected chi connectivity index (χ0v) is 9.98. The van der Waals surface area contributed by atoms with Crippen molar-refractivity contribution in [3.8, 4) is 0 Å². The summed E-state index contributed by atoms with van der Waals surface area (Å²) >= 11 is 0. The lowest BCUT2D eigenvalue weighted by Gasteiger charge is -2.11. The Morgan fingerprint density at radius 3 is 2.67 bits per heavy atom. The fraction of sp³-hybridized carbons (Fsp3) is 0.250. The molecule has 0 radical (unpaired) electrons. The van der Waals surface area contributed by atoms with E-state index < -0.39 is 23.5 Å². The van der Waals surface area contributed by atoms with Gasteiger partial charge in [0.15, 0.2) is 5.92 Å². The Morgan fingerprint density at radius 1 is 1.44 bits per heavy atom. The number of hydrazone groups is 1. The molecule has 18 heavy (non-hydrogen) atoms. The van der Waals surface area contributed by atoms with Crippen molar-refractivity contribution in [1.29, 1.82) is 0 Å². The van der Waals surface area contributed by atoms with Crippen LogP contribution < -0.4 is 5.32 Å². The molecule has 1 aromatic rings. The van der Waals surface area contributed by atoms with Gasteiger partial charge in [0.2, 0.25) is 5.91 Å². The number of rotatable bonds is 2. The lowest BCUT2D eigenvalue weighted by atomic mass is 10.0. The van der Waals surface area contributed by atoms with Crippen LogP contribution in [0.5, 0.6) is 0 Å². The Kier molecular flexibility index (Phi) is 3.10. The summed E-state index contributed by atoms with van der Waals surface area (Å²) in [6, 6.07) is 5.79. The number of anilines is 1. The summed E-state index contributed by atoms with van der Waals surface area (Å²) in [6.45, 7) is 1.59. The Bertz CT molecular complexity index is 542. The molecule has 6 heteroatoms. The van der Waals surface area contributed by atoms with E-state index in [4.69, 9.17) is 0 Å². The fourth-order valence-corrected chi connectivity index (χ4v) is 1.78. The molecule has 0 fully saturated rings. The third-order valence-electron chi connectivity index (χ3n) is 2.69.